The second kappa shape index (κ2) is 7.13. The first-order valence-electron chi connectivity index (χ1n) is 8.91. The first-order valence-corrected chi connectivity index (χ1v) is 10.9. The maximum atomic E-state index is 12.4. The van der Waals surface area contributed by atoms with Crippen LogP contribution in [-0.4, -0.2) is 32.8 Å². The van der Waals surface area contributed by atoms with Crippen LogP contribution in [0.2, 0.25) is 5.02 Å². The number of amides is 1. The predicted molar refractivity (Wildman–Crippen MR) is 106 cm³/mol. The van der Waals surface area contributed by atoms with Gasteiger partial charge in [0.1, 0.15) is 0 Å². The van der Waals surface area contributed by atoms with Crippen molar-refractivity contribution in [1.29, 1.82) is 0 Å². The van der Waals surface area contributed by atoms with Gasteiger partial charge in [0.15, 0.2) is 16.0 Å². The molecule has 4 fully saturated rings. The van der Waals surface area contributed by atoms with Crippen LogP contribution in [0.15, 0.2) is 11.4 Å². The number of thiocarbonyl (C=S) groups is 1. The number of aromatic nitrogens is 2. The summed E-state index contributed by atoms with van der Waals surface area (Å²) in [6, 6.07) is 0. The molecule has 140 valence electrons. The van der Waals surface area contributed by atoms with Gasteiger partial charge in [0.05, 0.1) is 11.2 Å². The normalized spacial score (nSPS) is 31.5. The van der Waals surface area contributed by atoms with Gasteiger partial charge in [-0.15, -0.1) is 0 Å². The minimum atomic E-state index is -0.428. The number of hydrogen-bond donors (Lipinski definition) is 3. The molecule has 0 atom stereocenters. The quantitative estimate of drug-likeness (QED) is 0.305. The molecular weight excluding hydrogens is 390 g/mol. The average molecular weight is 412 g/mol. The van der Waals surface area contributed by atoms with Gasteiger partial charge in [0.2, 0.25) is 0 Å². The molecule has 4 aliphatic carbocycles. The van der Waals surface area contributed by atoms with Gasteiger partial charge in [-0.1, -0.05) is 23.4 Å². The van der Waals surface area contributed by atoms with Gasteiger partial charge in [-0.05, 0) is 74.8 Å². The molecule has 0 aromatic carbocycles. The molecule has 3 N–H and O–H groups in total. The van der Waals surface area contributed by atoms with E-state index < -0.39 is 5.91 Å². The van der Waals surface area contributed by atoms with Crippen molar-refractivity contribution >= 4 is 46.6 Å². The van der Waals surface area contributed by atoms with E-state index in [1.807, 2.05) is 6.26 Å². The Morgan fingerprint density at radius 2 is 1.85 bits per heavy atom. The fraction of sp³-hybridized carbons (Fsp3) is 0.647. The smallest absolute Gasteiger partial charge is 0.289 e. The third kappa shape index (κ3) is 3.64. The summed E-state index contributed by atoms with van der Waals surface area (Å²) < 4.78 is 0. The molecule has 0 unspecified atom stereocenters. The minimum absolute atomic E-state index is 0.0993. The number of nitrogens with one attached hydrogen (secondary N) is 3. The van der Waals surface area contributed by atoms with Gasteiger partial charge < -0.3 is 5.32 Å². The van der Waals surface area contributed by atoms with Gasteiger partial charge in [0, 0.05) is 5.54 Å². The lowest BCUT2D eigenvalue weighted by Gasteiger charge is -2.57. The number of hydrogen-bond acceptors (Lipinski definition) is 5. The van der Waals surface area contributed by atoms with E-state index >= 15 is 0 Å². The highest BCUT2D eigenvalue weighted by Crippen LogP contribution is 2.55. The average Bonchev–Trinajstić information content (AvgIpc) is 2.58. The lowest BCUT2D eigenvalue weighted by molar-refractivity contribution is -0.0102. The van der Waals surface area contributed by atoms with Gasteiger partial charge >= 0.3 is 0 Å². The van der Waals surface area contributed by atoms with E-state index in [0.29, 0.717) is 10.3 Å². The third-order valence-corrected chi connectivity index (χ3v) is 6.87. The number of carbonyl (C=O) groups is 1. The number of nitrogens with zero attached hydrogens (tertiary/aromatic N) is 2. The van der Waals surface area contributed by atoms with E-state index in [1.54, 1.807) is 0 Å². The number of hydrazine groups is 1. The van der Waals surface area contributed by atoms with E-state index in [4.69, 9.17) is 23.8 Å². The largest absolute Gasteiger partial charge is 0.356 e. The summed E-state index contributed by atoms with van der Waals surface area (Å²) in [5.41, 5.74) is 5.65. The molecule has 5 rings (SSSR count). The van der Waals surface area contributed by atoms with Crippen LogP contribution in [0.25, 0.3) is 0 Å². The molecule has 1 heterocycles. The Bertz CT molecular complexity index is 709. The standard InChI is InChI=1S/C17H22ClN5OS2/c1-26-16-19-8-12(18)13(20-16)14(24)22-23-15(25)21-17-5-9-2-10(6-17)4-11(3-9)7-17/h8-11H,2-7H2,1H3,(H,22,24)(H2,21,23,25). The Morgan fingerprint density at radius 3 is 2.42 bits per heavy atom. The summed E-state index contributed by atoms with van der Waals surface area (Å²) in [5.74, 6) is 2.06. The van der Waals surface area contributed by atoms with Crippen molar-refractivity contribution in [2.75, 3.05) is 6.26 Å². The monoisotopic (exact) mass is 411 g/mol. The lowest BCUT2D eigenvalue weighted by Crippen LogP contribution is -2.62. The Labute approximate surface area is 167 Å². The van der Waals surface area contributed by atoms with Gasteiger partial charge in [0.25, 0.3) is 5.91 Å². The van der Waals surface area contributed by atoms with Crippen LogP contribution < -0.4 is 16.2 Å². The molecule has 26 heavy (non-hydrogen) atoms. The molecule has 0 spiro atoms. The maximum absolute atomic E-state index is 12.4. The van der Waals surface area contributed by atoms with Crippen LogP contribution in [0.3, 0.4) is 0 Å². The van der Waals surface area contributed by atoms with Gasteiger partial charge in [-0.3, -0.25) is 15.6 Å². The zero-order chi connectivity index (χ0) is 18.3. The van der Waals surface area contributed by atoms with Crippen molar-refractivity contribution in [1.82, 2.24) is 26.1 Å². The highest BCUT2D eigenvalue weighted by Gasteiger charge is 2.51. The molecule has 6 nitrogen and oxygen atoms in total. The highest BCUT2D eigenvalue weighted by molar-refractivity contribution is 7.98. The Morgan fingerprint density at radius 1 is 1.23 bits per heavy atom. The van der Waals surface area contributed by atoms with Crippen LogP contribution in [0, 0.1) is 17.8 Å². The molecule has 4 aliphatic rings. The van der Waals surface area contributed by atoms with Crippen molar-refractivity contribution in [2.24, 2.45) is 17.8 Å². The molecule has 1 aromatic rings. The van der Waals surface area contributed by atoms with Crippen molar-refractivity contribution in [3.63, 3.8) is 0 Å². The van der Waals surface area contributed by atoms with Crippen LogP contribution in [0.5, 0.6) is 0 Å². The summed E-state index contributed by atoms with van der Waals surface area (Å²) in [6.07, 6.45) is 11.0. The van der Waals surface area contributed by atoms with Gasteiger partial charge in [-0.25, -0.2) is 9.97 Å². The van der Waals surface area contributed by atoms with Crippen molar-refractivity contribution in [3.8, 4) is 0 Å². The molecule has 0 aliphatic heterocycles. The molecule has 0 saturated heterocycles. The first-order chi connectivity index (χ1) is 12.5. The fourth-order valence-corrected chi connectivity index (χ4v) is 6.10. The van der Waals surface area contributed by atoms with Crippen LogP contribution in [0.4, 0.5) is 0 Å². The lowest BCUT2D eigenvalue weighted by atomic mass is 9.53. The first kappa shape index (κ1) is 18.3. The third-order valence-electron chi connectivity index (χ3n) is 5.83. The second-order valence-corrected chi connectivity index (χ2v) is 9.37. The van der Waals surface area contributed by atoms with Crippen molar-refractivity contribution in [3.05, 3.63) is 16.9 Å². The summed E-state index contributed by atoms with van der Waals surface area (Å²) in [5, 5.41) is 4.66. The Hall–Kier alpha value is -1.12. The van der Waals surface area contributed by atoms with E-state index in [9.17, 15) is 4.79 Å². The molecule has 4 bridgehead atoms. The number of rotatable bonds is 3. The summed E-state index contributed by atoms with van der Waals surface area (Å²) in [6.45, 7) is 0. The molecule has 0 radical (unpaired) electrons. The van der Waals surface area contributed by atoms with Gasteiger partial charge in [-0.2, -0.15) is 0 Å². The Kier molecular flexibility index (Phi) is 5.00. The molecule has 1 amide bonds. The molecule has 9 heteroatoms. The summed E-state index contributed by atoms with van der Waals surface area (Å²) >= 11 is 12.8. The highest BCUT2D eigenvalue weighted by atomic mass is 35.5. The van der Waals surface area contributed by atoms with Crippen molar-refractivity contribution in [2.45, 2.75) is 49.2 Å². The number of halogens is 1. The van der Waals surface area contributed by atoms with E-state index in [-0.39, 0.29) is 16.3 Å². The SMILES string of the molecule is CSc1ncc(Cl)c(C(=O)NNC(=S)NC23CC4CC(CC(C4)C2)C3)n1. The zero-order valence-electron chi connectivity index (χ0n) is 14.5. The predicted octanol–water partition coefficient (Wildman–Crippen LogP) is 2.93. The van der Waals surface area contributed by atoms with E-state index in [2.05, 4.69) is 26.1 Å². The van der Waals surface area contributed by atoms with Crippen LogP contribution in [-0.2, 0) is 0 Å². The minimum Gasteiger partial charge on any atom is -0.356 e. The molecular formula is C17H22ClN5OS2. The topological polar surface area (TPSA) is 78.9 Å². The number of carbonyl (C=O) groups excluding carboxylic acids is 1. The summed E-state index contributed by atoms with van der Waals surface area (Å²) in [4.78, 5) is 20.5. The maximum Gasteiger partial charge on any atom is 0.289 e. The fourth-order valence-electron chi connectivity index (χ4n) is 5.32. The summed E-state index contributed by atoms with van der Waals surface area (Å²) in [7, 11) is 0. The number of thioether (sulfide) groups is 1. The molecule has 4 saturated carbocycles. The van der Waals surface area contributed by atoms with Crippen molar-refractivity contribution < 1.29 is 4.79 Å². The molecule has 1 aromatic heterocycles. The van der Waals surface area contributed by atoms with Crippen LogP contribution in [0.1, 0.15) is 49.0 Å². The second-order valence-electron chi connectivity index (χ2n) is 7.78. The van der Waals surface area contributed by atoms with E-state index in [1.165, 1.54) is 56.5 Å². The Balaban J connectivity index is 1.35. The zero-order valence-corrected chi connectivity index (χ0v) is 16.9. The van der Waals surface area contributed by atoms with E-state index in [0.717, 1.165) is 17.8 Å². The van der Waals surface area contributed by atoms with Crippen LogP contribution >= 0.6 is 35.6 Å².